The second kappa shape index (κ2) is 11.5. The number of carbonyl (C=O) groups is 1. The molecule has 0 N–H and O–H groups in total. The molecule has 180 valence electrons. The van der Waals surface area contributed by atoms with Crippen molar-refractivity contribution in [2.24, 2.45) is 5.92 Å². The lowest BCUT2D eigenvalue weighted by Crippen LogP contribution is -2.49. The van der Waals surface area contributed by atoms with Gasteiger partial charge in [-0.1, -0.05) is 56.3 Å². The van der Waals surface area contributed by atoms with Crippen molar-refractivity contribution in [2.45, 2.75) is 33.1 Å². The van der Waals surface area contributed by atoms with Crippen molar-refractivity contribution in [3.63, 3.8) is 0 Å². The molecule has 2 aromatic carbocycles. The summed E-state index contributed by atoms with van der Waals surface area (Å²) in [5.74, 6) is 0.231. The van der Waals surface area contributed by atoms with Crippen LogP contribution < -0.4 is 4.90 Å². The number of hydrogen-bond acceptors (Lipinski definition) is 5. The van der Waals surface area contributed by atoms with E-state index in [4.69, 9.17) is 4.74 Å². The Morgan fingerprint density at radius 2 is 1.61 bits per heavy atom. The fraction of sp³-hybridized carbons (Fsp3) is 0.480. The monoisotopic (exact) mass is 473 g/mol. The van der Waals surface area contributed by atoms with Crippen molar-refractivity contribution in [1.82, 2.24) is 9.21 Å². The molecule has 0 saturated carbocycles. The Kier molecular flexibility index (Phi) is 8.74. The number of carbonyl (C=O) groups excluding carboxylic acids is 1. The number of anilines is 1. The number of rotatable bonds is 9. The maximum atomic E-state index is 13.2. The second-order valence-corrected chi connectivity index (χ2v) is 10.7. The topological polar surface area (TPSA) is 70.2 Å². The standard InChI is InChI=1S/C25H35N3O4S/c1-4-32-25(29)27-16-14-26(15-17-27)24-12-10-22(11-13-24)19-28(18-21(2)3)33(30,31)20-23-8-6-5-7-9-23/h5-13,21H,4,14-20H2,1-3H3. The summed E-state index contributed by atoms with van der Waals surface area (Å²) in [6.45, 7) is 9.82. The quantitative estimate of drug-likeness (QED) is 0.552. The molecule has 0 spiro atoms. The van der Waals surface area contributed by atoms with E-state index in [1.165, 1.54) is 0 Å². The molecule has 0 atom stereocenters. The van der Waals surface area contributed by atoms with Crippen LogP contribution in [0.2, 0.25) is 0 Å². The van der Waals surface area contributed by atoms with Gasteiger partial charge in [0, 0.05) is 45.0 Å². The van der Waals surface area contributed by atoms with E-state index in [1.54, 1.807) is 9.21 Å². The summed E-state index contributed by atoms with van der Waals surface area (Å²) in [5.41, 5.74) is 2.83. The lowest BCUT2D eigenvalue weighted by atomic mass is 10.1. The van der Waals surface area contributed by atoms with Crippen molar-refractivity contribution in [3.8, 4) is 0 Å². The van der Waals surface area contributed by atoms with Gasteiger partial charge in [0.05, 0.1) is 12.4 Å². The van der Waals surface area contributed by atoms with Crippen LogP contribution in [0.25, 0.3) is 0 Å². The van der Waals surface area contributed by atoms with Crippen molar-refractivity contribution in [3.05, 3.63) is 65.7 Å². The maximum absolute atomic E-state index is 13.2. The van der Waals surface area contributed by atoms with E-state index < -0.39 is 10.0 Å². The Morgan fingerprint density at radius 1 is 0.970 bits per heavy atom. The summed E-state index contributed by atoms with van der Waals surface area (Å²) < 4.78 is 33.0. The summed E-state index contributed by atoms with van der Waals surface area (Å²) in [4.78, 5) is 15.9. The minimum absolute atomic E-state index is 0.00336. The number of benzene rings is 2. The van der Waals surface area contributed by atoms with Gasteiger partial charge in [0.2, 0.25) is 10.0 Å². The van der Waals surface area contributed by atoms with Crippen molar-refractivity contribution < 1.29 is 17.9 Å². The molecule has 1 fully saturated rings. The third-order valence-corrected chi connectivity index (χ3v) is 7.38. The highest BCUT2D eigenvalue weighted by atomic mass is 32.2. The SMILES string of the molecule is CCOC(=O)N1CCN(c2ccc(CN(CC(C)C)S(=O)(=O)Cc3ccccc3)cc2)CC1. The first-order chi connectivity index (χ1) is 15.8. The molecule has 7 nitrogen and oxygen atoms in total. The van der Waals surface area contributed by atoms with E-state index in [2.05, 4.69) is 4.90 Å². The highest BCUT2D eigenvalue weighted by molar-refractivity contribution is 7.88. The van der Waals surface area contributed by atoms with Crippen LogP contribution in [0.15, 0.2) is 54.6 Å². The van der Waals surface area contributed by atoms with Gasteiger partial charge in [-0.25, -0.2) is 13.2 Å². The predicted octanol–water partition coefficient (Wildman–Crippen LogP) is 3.95. The Balaban J connectivity index is 1.64. The number of piperazine rings is 1. The molecule has 0 radical (unpaired) electrons. The van der Waals surface area contributed by atoms with Crippen LogP contribution in [0.1, 0.15) is 31.9 Å². The molecule has 0 aromatic heterocycles. The Hall–Kier alpha value is -2.58. The second-order valence-electron chi connectivity index (χ2n) is 8.77. The zero-order chi connectivity index (χ0) is 23.8. The first kappa shape index (κ1) is 25.1. The average Bonchev–Trinajstić information content (AvgIpc) is 2.79. The predicted molar refractivity (Wildman–Crippen MR) is 132 cm³/mol. The first-order valence-electron chi connectivity index (χ1n) is 11.6. The molecule has 1 aliphatic rings. The molecule has 1 aliphatic heterocycles. The van der Waals surface area contributed by atoms with Gasteiger partial charge in [-0.15, -0.1) is 0 Å². The van der Waals surface area contributed by atoms with Crippen LogP contribution in [0.4, 0.5) is 10.5 Å². The Labute approximate surface area is 198 Å². The highest BCUT2D eigenvalue weighted by Gasteiger charge is 2.25. The van der Waals surface area contributed by atoms with E-state index >= 15 is 0 Å². The van der Waals surface area contributed by atoms with Gasteiger partial charge in [0.15, 0.2) is 0 Å². The maximum Gasteiger partial charge on any atom is 0.409 e. The van der Waals surface area contributed by atoms with E-state index in [0.717, 1.165) is 29.9 Å². The van der Waals surface area contributed by atoms with E-state index in [0.29, 0.717) is 32.8 Å². The number of sulfonamides is 1. The number of hydrogen-bond donors (Lipinski definition) is 0. The average molecular weight is 474 g/mol. The minimum atomic E-state index is -3.44. The normalized spacial score (nSPS) is 14.7. The molecule has 1 saturated heterocycles. The smallest absolute Gasteiger partial charge is 0.409 e. The largest absolute Gasteiger partial charge is 0.450 e. The molecule has 8 heteroatoms. The molecule has 1 amide bonds. The van der Waals surface area contributed by atoms with Crippen LogP contribution in [-0.4, -0.2) is 63.0 Å². The number of ether oxygens (including phenoxy) is 1. The van der Waals surface area contributed by atoms with Crippen LogP contribution in [0.5, 0.6) is 0 Å². The molecule has 1 heterocycles. The van der Waals surface area contributed by atoms with Gasteiger partial charge in [-0.3, -0.25) is 0 Å². The molecule has 2 aromatic rings. The van der Waals surface area contributed by atoms with Gasteiger partial charge in [-0.2, -0.15) is 4.31 Å². The van der Waals surface area contributed by atoms with Crippen molar-refractivity contribution in [2.75, 3.05) is 44.2 Å². The number of amides is 1. The van der Waals surface area contributed by atoms with Gasteiger partial charge < -0.3 is 14.5 Å². The summed E-state index contributed by atoms with van der Waals surface area (Å²) >= 11 is 0. The molecule has 33 heavy (non-hydrogen) atoms. The first-order valence-corrected chi connectivity index (χ1v) is 13.2. The van der Waals surface area contributed by atoms with Gasteiger partial charge >= 0.3 is 6.09 Å². The molecule has 0 unspecified atom stereocenters. The molecule has 3 rings (SSSR count). The van der Waals surface area contributed by atoms with Crippen molar-refractivity contribution >= 4 is 21.8 Å². The van der Waals surface area contributed by atoms with Crippen LogP contribution in [-0.2, 0) is 27.1 Å². The number of nitrogens with zero attached hydrogens (tertiary/aromatic N) is 3. The van der Waals surface area contributed by atoms with Gasteiger partial charge in [-0.05, 0) is 36.1 Å². The Morgan fingerprint density at radius 3 is 2.18 bits per heavy atom. The third-order valence-electron chi connectivity index (χ3n) is 5.62. The lowest BCUT2D eigenvalue weighted by Gasteiger charge is -2.35. The molecular weight excluding hydrogens is 438 g/mol. The molecule has 0 bridgehead atoms. The van der Waals surface area contributed by atoms with Gasteiger partial charge in [0.1, 0.15) is 0 Å². The van der Waals surface area contributed by atoms with E-state index in [-0.39, 0.29) is 17.8 Å². The minimum Gasteiger partial charge on any atom is -0.450 e. The van der Waals surface area contributed by atoms with E-state index in [1.807, 2.05) is 75.4 Å². The van der Waals surface area contributed by atoms with Crippen LogP contribution in [0.3, 0.4) is 0 Å². The molecular formula is C25H35N3O4S. The zero-order valence-corrected chi connectivity index (χ0v) is 20.6. The zero-order valence-electron chi connectivity index (χ0n) is 19.8. The third kappa shape index (κ3) is 7.20. The Bertz CT molecular complexity index is 986. The fourth-order valence-corrected chi connectivity index (χ4v) is 5.60. The summed E-state index contributed by atoms with van der Waals surface area (Å²) in [7, 11) is -3.44. The summed E-state index contributed by atoms with van der Waals surface area (Å²) in [5, 5.41) is 0. The van der Waals surface area contributed by atoms with E-state index in [9.17, 15) is 13.2 Å². The van der Waals surface area contributed by atoms with Crippen LogP contribution in [0, 0.1) is 5.92 Å². The molecule has 0 aliphatic carbocycles. The van der Waals surface area contributed by atoms with Crippen LogP contribution >= 0.6 is 0 Å². The summed E-state index contributed by atoms with van der Waals surface area (Å²) in [6, 6.07) is 17.4. The van der Waals surface area contributed by atoms with Gasteiger partial charge in [0.25, 0.3) is 0 Å². The highest BCUT2D eigenvalue weighted by Crippen LogP contribution is 2.21. The summed E-state index contributed by atoms with van der Waals surface area (Å²) in [6.07, 6.45) is -0.255. The van der Waals surface area contributed by atoms with Crippen molar-refractivity contribution in [1.29, 1.82) is 0 Å². The lowest BCUT2D eigenvalue weighted by molar-refractivity contribution is 0.105. The fourth-order valence-electron chi connectivity index (χ4n) is 3.94.